The SMILES string of the molecule is CC(C)(C)NCc1cncc(N2CCCCC2)n1. The lowest BCUT2D eigenvalue weighted by Gasteiger charge is -2.27. The number of anilines is 1. The molecule has 0 radical (unpaired) electrons. The van der Waals surface area contributed by atoms with Crippen molar-refractivity contribution >= 4 is 5.82 Å². The first-order chi connectivity index (χ1) is 8.54. The fourth-order valence-corrected chi connectivity index (χ4v) is 2.11. The van der Waals surface area contributed by atoms with Crippen molar-refractivity contribution in [3.8, 4) is 0 Å². The van der Waals surface area contributed by atoms with E-state index in [-0.39, 0.29) is 5.54 Å². The zero-order valence-electron chi connectivity index (χ0n) is 11.7. The summed E-state index contributed by atoms with van der Waals surface area (Å²) in [6.07, 6.45) is 7.62. The molecule has 0 aromatic carbocycles. The Labute approximate surface area is 110 Å². The van der Waals surface area contributed by atoms with Gasteiger partial charge in [-0.05, 0) is 40.0 Å². The molecule has 18 heavy (non-hydrogen) atoms. The minimum absolute atomic E-state index is 0.114. The van der Waals surface area contributed by atoms with Gasteiger partial charge in [0.2, 0.25) is 0 Å². The molecule has 1 fully saturated rings. The van der Waals surface area contributed by atoms with Crippen LogP contribution in [-0.2, 0) is 6.54 Å². The topological polar surface area (TPSA) is 41.1 Å². The zero-order valence-corrected chi connectivity index (χ0v) is 11.7. The normalized spacial score (nSPS) is 16.9. The van der Waals surface area contributed by atoms with Gasteiger partial charge in [-0.2, -0.15) is 0 Å². The van der Waals surface area contributed by atoms with Gasteiger partial charge in [-0.1, -0.05) is 0 Å². The van der Waals surface area contributed by atoms with Crippen LogP contribution < -0.4 is 10.2 Å². The van der Waals surface area contributed by atoms with Crippen LogP contribution in [0.15, 0.2) is 12.4 Å². The van der Waals surface area contributed by atoms with E-state index in [0.29, 0.717) is 0 Å². The van der Waals surface area contributed by atoms with E-state index in [2.05, 4.69) is 36.0 Å². The highest BCUT2D eigenvalue weighted by Crippen LogP contribution is 2.16. The lowest BCUT2D eigenvalue weighted by Crippen LogP contribution is -2.35. The second-order valence-electron chi connectivity index (χ2n) is 6.02. The Hall–Kier alpha value is -1.16. The van der Waals surface area contributed by atoms with E-state index in [9.17, 15) is 0 Å². The van der Waals surface area contributed by atoms with Gasteiger partial charge in [-0.25, -0.2) is 4.98 Å². The average molecular weight is 248 g/mol. The van der Waals surface area contributed by atoms with Crippen LogP contribution in [0, 0.1) is 0 Å². The Balaban J connectivity index is 2.00. The molecule has 0 bridgehead atoms. The molecule has 0 saturated carbocycles. The molecule has 100 valence electrons. The molecule has 1 saturated heterocycles. The summed E-state index contributed by atoms with van der Waals surface area (Å²) in [5.41, 5.74) is 1.14. The van der Waals surface area contributed by atoms with Gasteiger partial charge in [-0.3, -0.25) is 4.98 Å². The first kappa shape index (κ1) is 13.3. The van der Waals surface area contributed by atoms with Crippen LogP contribution in [0.5, 0.6) is 0 Å². The number of hydrogen-bond acceptors (Lipinski definition) is 4. The monoisotopic (exact) mass is 248 g/mol. The molecule has 1 N–H and O–H groups in total. The summed E-state index contributed by atoms with van der Waals surface area (Å²) in [6.45, 7) is 9.49. The first-order valence-corrected chi connectivity index (χ1v) is 6.85. The summed E-state index contributed by atoms with van der Waals surface area (Å²) >= 11 is 0. The minimum Gasteiger partial charge on any atom is -0.355 e. The Bertz CT molecular complexity index is 378. The number of piperidine rings is 1. The maximum Gasteiger partial charge on any atom is 0.147 e. The van der Waals surface area contributed by atoms with Crippen LogP contribution in [0.4, 0.5) is 5.82 Å². The molecule has 4 nitrogen and oxygen atoms in total. The molecule has 2 rings (SSSR count). The fraction of sp³-hybridized carbons (Fsp3) is 0.714. The molecule has 0 aliphatic carbocycles. The van der Waals surface area contributed by atoms with Crippen LogP contribution in [0.25, 0.3) is 0 Å². The van der Waals surface area contributed by atoms with E-state index in [1.165, 1.54) is 19.3 Å². The van der Waals surface area contributed by atoms with Gasteiger partial charge in [0.05, 0.1) is 11.9 Å². The summed E-state index contributed by atoms with van der Waals surface area (Å²) in [4.78, 5) is 11.4. The average Bonchev–Trinajstić information content (AvgIpc) is 2.37. The molecular weight excluding hydrogens is 224 g/mol. The van der Waals surface area contributed by atoms with Crippen LogP contribution >= 0.6 is 0 Å². The Morgan fingerprint density at radius 2 is 1.89 bits per heavy atom. The van der Waals surface area contributed by atoms with Gasteiger partial charge in [-0.15, -0.1) is 0 Å². The van der Waals surface area contributed by atoms with E-state index < -0.39 is 0 Å². The van der Waals surface area contributed by atoms with Crippen molar-refractivity contribution in [2.24, 2.45) is 0 Å². The van der Waals surface area contributed by atoms with Crippen LogP contribution in [0.2, 0.25) is 0 Å². The molecule has 2 heterocycles. The van der Waals surface area contributed by atoms with E-state index >= 15 is 0 Å². The van der Waals surface area contributed by atoms with Crippen molar-refractivity contribution in [2.75, 3.05) is 18.0 Å². The summed E-state index contributed by atoms with van der Waals surface area (Å²) in [7, 11) is 0. The molecule has 1 aliphatic rings. The second kappa shape index (κ2) is 5.65. The lowest BCUT2D eigenvalue weighted by molar-refractivity contribution is 0.420. The van der Waals surface area contributed by atoms with Gasteiger partial charge in [0, 0.05) is 31.4 Å². The predicted molar refractivity (Wildman–Crippen MR) is 74.7 cm³/mol. The Morgan fingerprint density at radius 1 is 1.17 bits per heavy atom. The summed E-state index contributed by atoms with van der Waals surface area (Å²) < 4.78 is 0. The number of nitrogens with zero attached hydrogens (tertiary/aromatic N) is 3. The third kappa shape index (κ3) is 3.95. The Kier molecular flexibility index (Phi) is 4.17. The minimum atomic E-state index is 0.114. The zero-order chi connectivity index (χ0) is 13.0. The van der Waals surface area contributed by atoms with Gasteiger partial charge in [0.1, 0.15) is 5.82 Å². The molecule has 0 unspecified atom stereocenters. The van der Waals surface area contributed by atoms with Crippen molar-refractivity contribution in [1.82, 2.24) is 15.3 Å². The maximum atomic E-state index is 4.70. The molecule has 4 heteroatoms. The van der Waals surface area contributed by atoms with Gasteiger partial charge in [0.15, 0.2) is 0 Å². The van der Waals surface area contributed by atoms with E-state index in [1.807, 2.05) is 12.4 Å². The van der Waals surface area contributed by atoms with Crippen molar-refractivity contribution in [3.05, 3.63) is 18.1 Å². The van der Waals surface area contributed by atoms with E-state index in [0.717, 1.165) is 31.1 Å². The lowest BCUT2D eigenvalue weighted by atomic mass is 10.1. The number of nitrogens with one attached hydrogen (secondary N) is 1. The third-order valence-electron chi connectivity index (χ3n) is 3.15. The fourth-order valence-electron chi connectivity index (χ4n) is 2.11. The standard InChI is InChI=1S/C14H24N4/c1-14(2,3)16-10-12-9-15-11-13(17-12)18-7-5-4-6-8-18/h9,11,16H,4-8,10H2,1-3H3. The van der Waals surface area contributed by atoms with Crippen molar-refractivity contribution in [3.63, 3.8) is 0 Å². The number of aromatic nitrogens is 2. The second-order valence-corrected chi connectivity index (χ2v) is 6.02. The van der Waals surface area contributed by atoms with E-state index in [1.54, 1.807) is 0 Å². The summed E-state index contributed by atoms with van der Waals surface area (Å²) in [5.74, 6) is 1.03. The molecule has 0 spiro atoms. The number of hydrogen-bond donors (Lipinski definition) is 1. The molecule has 1 aromatic heterocycles. The highest BCUT2D eigenvalue weighted by molar-refractivity contribution is 5.36. The van der Waals surface area contributed by atoms with Gasteiger partial charge in [0.25, 0.3) is 0 Å². The smallest absolute Gasteiger partial charge is 0.147 e. The summed E-state index contributed by atoms with van der Waals surface area (Å²) in [6, 6.07) is 0. The molecule has 0 amide bonds. The van der Waals surface area contributed by atoms with E-state index in [4.69, 9.17) is 4.98 Å². The molecule has 0 atom stereocenters. The van der Waals surface area contributed by atoms with Crippen molar-refractivity contribution < 1.29 is 0 Å². The van der Waals surface area contributed by atoms with Crippen LogP contribution in [0.1, 0.15) is 45.7 Å². The first-order valence-electron chi connectivity index (χ1n) is 6.85. The van der Waals surface area contributed by atoms with Gasteiger partial charge < -0.3 is 10.2 Å². The molecular formula is C14H24N4. The quantitative estimate of drug-likeness (QED) is 0.891. The van der Waals surface area contributed by atoms with Crippen LogP contribution in [0.3, 0.4) is 0 Å². The third-order valence-corrected chi connectivity index (χ3v) is 3.15. The van der Waals surface area contributed by atoms with Crippen LogP contribution in [-0.4, -0.2) is 28.6 Å². The van der Waals surface area contributed by atoms with Gasteiger partial charge >= 0.3 is 0 Å². The highest BCUT2D eigenvalue weighted by Gasteiger charge is 2.14. The maximum absolute atomic E-state index is 4.70. The highest BCUT2D eigenvalue weighted by atomic mass is 15.2. The van der Waals surface area contributed by atoms with Crippen molar-refractivity contribution in [1.29, 1.82) is 0 Å². The van der Waals surface area contributed by atoms with Crippen molar-refractivity contribution in [2.45, 2.75) is 52.1 Å². The Morgan fingerprint density at radius 3 is 2.56 bits per heavy atom. The molecule has 1 aliphatic heterocycles. The molecule has 1 aromatic rings. The number of rotatable bonds is 3. The largest absolute Gasteiger partial charge is 0.355 e. The predicted octanol–water partition coefficient (Wildman–Crippen LogP) is 2.36. The summed E-state index contributed by atoms with van der Waals surface area (Å²) in [5, 5.41) is 3.45.